The van der Waals surface area contributed by atoms with Crippen molar-refractivity contribution in [3.05, 3.63) is 108 Å². The van der Waals surface area contributed by atoms with Crippen LogP contribution < -0.4 is 9.46 Å². The number of imidazole rings is 1. The number of fused-ring (bicyclic) bond motifs is 1. The Labute approximate surface area is 216 Å². The second-order valence-corrected chi connectivity index (χ2v) is 10.3. The van der Waals surface area contributed by atoms with E-state index >= 15 is 0 Å². The van der Waals surface area contributed by atoms with Gasteiger partial charge in [0.05, 0.1) is 23.4 Å². The van der Waals surface area contributed by atoms with Crippen molar-refractivity contribution in [1.29, 1.82) is 0 Å². The first kappa shape index (κ1) is 24.5. The van der Waals surface area contributed by atoms with E-state index in [9.17, 15) is 8.42 Å². The van der Waals surface area contributed by atoms with Crippen molar-refractivity contribution < 1.29 is 13.2 Å². The first-order valence-electron chi connectivity index (χ1n) is 12.2. The summed E-state index contributed by atoms with van der Waals surface area (Å²) in [6.45, 7) is 4.65. The lowest BCUT2D eigenvalue weighted by Gasteiger charge is -2.13. The largest absolute Gasteiger partial charge is 0.494 e. The second kappa shape index (κ2) is 10.4. The number of aromatic nitrogens is 3. The van der Waals surface area contributed by atoms with Crippen LogP contribution in [0.4, 0.5) is 5.69 Å². The van der Waals surface area contributed by atoms with Crippen molar-refractivity contribution in [2.45, 2.75) is 31.6 Å². The zero-order chi connectivity index (χ0) is 25.8. The molecule has 0 bridgehead atoms. The van der Waals surface area contributed by atoms with Crippen LogP contribution in [0, 0.1) is 0 Å². The topological polar surface area (TPSA) is 86.1 Å². The Bertz CT molecular complexity index is 1630. The summed E-state index contributed by atoms with van der Waals surface area (Å²) in [5.74, 6) is 0.790. The molecule has 0 aliphatic rings. The molecule has 0 spiro atoms. The van der Waals surface area contributed by atoms with Crippen molar-refractivity contribution in [3.63, 3.8) is 0 Å². The monoisotopic (exact) mass is 512 g/mol. The number of nitrogens with one attached hydrogen (secondary N) is 1. The van der Waals surface area contributed by atoms with E-state index in [1.165, 1.54) is 11.8 Å². The highest BCUT2D eigenvalue weighted by atomic mass is 32.2. The zero-order valence-electron chi connectivity index (χ0n) is 20.8. The van der Waals surface area contributed by atoms with Crippen LogP contribution in [-0.4, -0.2) is 29.6 Å². The zero-order valence-corrected chi connectivity index (χ0v) is 21.6. The van der Waals surface area contributed by atoms with Gasteiger partial charge >= 0.3 is 0 Å². The van der Waals surface area contributed by atoms with E-state index in [1.54, 1.807) is 24.5 Å². The van der Waals surface area contributed by atoms with Crippen LogP contribution in [0.15, 0.2) is 96.3 Å². The lowest BCUT2D eigenvalue weighted by atomic mass is 10.0. The van der Waals surface area contributed by atoms with Gasteiger partial charge in [0, 0.05) is 5.69 Å². The van der Waals surface area contributed by atoms with Crippen molar-refractivity contribution >= 4 is 26.9 Å². The van der Waals surface area contributed by atoms with Crippen LogP contribution in [0.1, 0.15) is 30.5 Å². The first-order valence-corrected chi connectivity index (χ1v) is 13.7. The highest BCUT2D eigenvalue weighted by molar-refractivity contribution is 7.92. The minimum absolute atomic E-state index is 0.245. The van der Waals surface area contributed by atoms with E-state index < -0.39 is 10.0 Å². The molecule has 0 unspecified atom stereocenters. The average molecular weight is 513 g/mol. The molecule has 37 heavy (non-hydrogen) atoms. The fourth-order valence-corrected chi connectivity index (χ4v) is 5.53. The maximum atomic E-state index is 13.4. The van der Waals surface area contributed by atoms with Gasteiger partial charge in [0.15, 0.2) is 5.65 Å². The normalized spacial score (nSPS) is 11.5. The van der Waals surface area contributed by atoms with Crippen LogP contribution >= 0.6 is 0 Å². The van der Waals surface area contributed by atoms with Crippen molar-refractivity contribution in [2.75, 3.05) is 11.3 Å². The molecule has 0 fully saturated rings. The third-order valence-electron chi connectivity index (χ3n) is 6.15. The predicted molar refractivity (Wildman–Crippen MR) is 146 cm³/mol. The van der Waals surface area contributed by atoms with E-state index in [4.69, 9.17) is 4.74 Å². The number of rotatable bonds is 9. The standard InChI is InChI=1S/C29H28N4O3S/c1-3-21-9-11-22(12-10-21)17-23-7-5-6-8-28(23)37(34,35)32-24-18-27-29(30-19-24)33(20-31-27)25-13-15-26(16-14-25)36-4-2/h5-16,18-20,32H,3-4,17H2,1-2H3. The van der Waals surface area contributed by atoms with Gasteiger partial charge in [-0.3, -0.25) is 9.29 Å². The molecule has 3 aromatic carbocycles. The molecule has 7 nitrogen and oxygen atoms in total. The highest BCUT2D eigenvalue weighted by Crippen LogP contribution is 2.25. The van der Waals surface area contributed by atoms with Gasteiger partial charge in [0.2, 0.25) is 0 Å². The lowest BCUT2D eigenvalue weighted by molar-refractivity contribution is 0.340. The first-order chi connectivity index (χ1) is 18.0. The van der Waals surface area contributed by atoms with Gasteiger partial charge < -0.3 is 4.74 Å². The van der Waals surface area contributed by atoms with Gasteiger partial charge in [-0.1, -0.05) is 49.4 Å². The van der Waals surface area contributed by atoms with Gasteiger partial charge in [0.1, 0.15) is 17.6 Å². The second-order valence-electron chi connectivity index (χ2n) is 8.67. The van der Waals surface area contributed by atoms with Gasteiger partial charge in [-0.25, -0.2) is 18.4 Å². The van der Waals surface area contributed by atoms with E-state index in [2.05, 4.69) is 33.7 Å². The number of hydrogen-bond donors (Lipinski definition) is 1. The quantitative estimate of drug-likeness (QED) is 0.271. The molecule has 0 saturated carbocycles. The predicted octanol–water partition coefficient (Wildman–Crippen LogP) is 5.77. The van der Waals surface area contributed by atoms with Crippen LogP contribution in [0.25, 0.3) is 16.9 Å². The van der Waals surface area contributed by atoms with Gasteiger partial charge in [0.25, 0.3) is 10.0 Å². The summed E-state index contributed by atoms with van der Waals surface area (Å²) in [5, 5.41) is 0. The third-order valence-corrected chi connectivity index (χ3v) is 7.64. The number of nitrogens with zero attached hydrogens (tertiary/aromatic N) is 3. The molecule has 2 aromatic heterocycles. The third kappa shape index (κ3) is 5.34. The maximum Gasteiger partial charge on any atom is 0.262 e. The van der Waals surface area contributed by atoms with Crippen LogP contribution in [0.3, 0.4) is 0 Å². The molecule has 5 rings (SSSR count). The van der Waals surface area contributed by atoms with Crippen molar-refractivity contribution in [1.82, 2.24) is 14.5 Å². The smallest absolute Gasteiger partial charge is 0.262 e. The number of pyridine rings is 1. The molecular weight excluding hydrogens is 484 g/mol. The summed E-state index contributed by atoms with van der Waals surface area (Å²) in [6.07, 6.45) is 4.67. The van der Waals surface area contributed by atoms with Crippen LogP contribution in [0.2, 0.25) is 0 Å². The molecule has 0 amide bonds. The van der Waals surface area contributed by atoms with Crippen LogP contribution in [0.5, 0.6) is 5.75 Å². The van der Waals surface area contributed by atoms with E-state index in [0.717, 1.165) is 29.0 Å². The Morgan fingerprint density at radius 1 is 0.892 bits per heavy atom. The van der Waals surface area contributed by atoms with E-state index in [0.29, 0.717) is 29.9 Å². The Morgan fingerprint density at radius 2 is 1.62 bits per heavy atom. The fraction of sp³-hybridized carbons (Fsp3) is 0.172. The minimum Gasteiger partial charge on any atom is -0.494 e. The summed E-state index contributed by atoms with van der Waals surface area (Å²) in [4.78, 5) is 9.19. The Kier molecular flexibility index (Phi) is 6.92. The summed E-state index contributed by atoms with van der Waals surface area (Å²) < 4.78 is 36.8. The lowest BCUT2D eigenvalue weighted by Crippen LogP contribution is -2.15. The summed E-state index contributed by atoms with van der Waals surface area (Å²) in [5.41, 5.74) is 5.48. The minimum atomic E-state index is -3.84. The SMILES string of the molecule is CCOc1ccc(-n2cnc3cc(NS(=O)(=O)c4ccccc4Cc4ccc(CC)cc4)cnc32)cc1. The molecule has 0 radical (unpaired) electrons. The fourth-order valence-electron chi connectivity index (χ4n) is 4.25. The summed E-state index contributed by atoms with van der Waals surface area (Å²) >= 11 is 0. The average Bonchev–Trinajstić information content (AvgIpc) is 3.33. The Morgan fingerprint density at radius 3 is 2.35 bits per heavy atom. The Hall–Kier alpha value is -4.17. The molecule has 188 valence electrons. The molecule has 2 heterocycles. The molecule has 0 saturated heterocycles. The highest BCUT2D eigenvalue weighted by Gasteiger charge is 2.19. The number of ether oxygens (including phenoxy) is 1. The molecular formula is C29H28N4O3S. The van der Waals surface area contributed by atoms with Crippen LogP contribution in [-0.2, 0) is 22.9 Å². The van der Waals surface area contributed by atoms with Gasteiger partial charge in [-0.05, 0) is 72.9 Å². The van der Waals surface area contributed by atoms with Crippen molar-refractivity contribution in [2.24, 2.45) is 0 Å². The van der Waals surface area contributed by atoms with Gasteiger partial charge in [-0.15, -0.1) is 0 Å². The van der Waals surface area contributed by atoms with Gasteiger partial charge in [-0.2, -0.15) is 0 Å². The Balaban J connectivity index is 1.39. The van der Waals surface area contributed by atoms with E-state index in [-0.39, 0.29) is 4.90 Å². The van der Waals surface area contributed by atoms with E-state index in [1.807, 2.05) is 60.0 Å². The molecule has 0 aliphatic heterocycles. The molecule has 1 N–H and O–H groups in total. The maximum absolute atomic E-state index is 13.4. The molecule has 0 aliphatic carbocycles. The number of aryl methyl sites for hydroxylation is 1. The molecule has 5 aromatic rings. The number of benzene rings is 3. The molecule has 8 heteroatoms. The number of hydrogen-bond acceptors (Lipinski definition) is 5. The number of sulfonamides is 1. The number of anilines is 1. The summed E-state index contributed by atoms with van der Waals surface area (Å²) in [6, 6.07) is 24.7. The van der Waals surface area contributed by atoms with Crippen molar-refractivity contribution in [3.8, 4) is 11.4 Å². The molecule has 0 atom stereocenters. The summed E-state index contributed by atoms with van der Waals surface area (Å²) in [7, 11) is -3.84.